The van der Waals surface area contributed by atoms with Gasteiger partial charge in [-0.15, -0.1) is 0 Å². The zero-order valence-corrected chi connectivity index (χ0v) is 16.7. The van der Waals surface area contributed by atoms with Crippen LogP contribution < -0.4 is 5.32 Å². The van der Waals surface area contributed by atoms with Crippen LogP contribution >= 0.6 is 23.2 Å². The fourth-order valence-electron chi connectivity index (χ4n) is 3.04. The summed E-state index contributed by atoms with van der Waals surface area (Å²) in [5.74, 6) is -0.445. The van der Waals surface area contributed by atoms with Gasteiger partial charge in [0.1, 0.15) is 6.54 Å². The van der Waals surface area contributed by atoms with E-state index < -0.39 is 0 Å². The van der Waals surface area contributed by atoms with E-state index >= 15 is 0 Å². The maximum Gasteiger partial charge on any atom is 0.259 e. The van der Waals surface area contributed by atoms with E-state index in [9.17, 15) is 9.59 Å². The molecule has 0 aliphatic carbocycles. The summed E-state index contributed by atoms with van der Waals surface area (Å²) in [6.07, 6.45) is 0. The van der Waals surface area contributed by atoms with E-state index in [1.807, 2.05) is 32.0 Å². The number of rotatable bonds is 5. The van der Waals surface area contributed by atoms with Crippen molar-refractivity contribution in [3.63, 3.8) is 0 Å². The minimum atomic E-state index is -0.348. The van der Waals surface area contributed by atoms with E-state index in [0.29, 0.717) is 27.9 Å². The van der Waals surface area contributed by atoms with E-state index in [2.05, 4.69) is 11.9 Å². The highest BCUT2D eigenvalue weighted by atomic mass is 35.5. The molecular formula is C21H20Cl2N2O2. The molecular weight excluding hydrogens is 383 g/mol. The molecule has 1 N–H and O–H groups in total. The second-order valence-corrected chi connectivity index (χ2v) is 7.99. The smallest absolute Gasteiger partial charge is 0.259 e. The first-order valence-corrected chi connectivity index (χ1v) is 9.29. The Labute approximate surface area is 168 Å². The first-order chi connectivity index (χ1) is 12.7. The predicted molar refractivity (Wildman–Crippen MR) is 109 cm³/mol. The standard InChI is InChI=1S/C21H20Cl2N2O2/c1-13-15-6-4-5-7-16(15)20(27)25(13)11-19(26)24-12-21(2,3)14-8-9-17(22)18(23)10-14/h4-10H,1,11-12H2,2-3H3,(H,24,26). The van der Waals surface area contributed by atoms with Gasteiger partial charge in [-0.05, 0) is 23.8 Å². The van der Waals surface area contributed by atoms with E-state index in [1.54, 1.807) is 24.3 Å². The molecule has 0 radical (unpaired) electrons. The van der Waals surface area contributed by atoms with E-state index in [0.717, 1.165) is 11.1 Å². The summed E-state index contributed by atoms with van der Waals surface area (Å²) < 4.78 is 0. The lowest BCUT2D eigenvalue weighted by molar-refractivity contribution is -0.121. The van der Waals surface area contributed by atoms with Crippen LogP contribution in [-0.2, 0) is 10.2 Å². The molecule has 0 spiro atoms. The Morgan fingerprint density at radius 3 is 2.41 bits per heavy atom. The van der Waals surface area contributed by atoms with Crippen molar-refractivity contribution in [2.45, 2.75) is 19.3 Å². The number of benzene rings is 2. The summed E-state index contributed by atoms with van der Waals surface area (Å²) >= 11 is 12.1. The molecule has 0 saturated heterocycles. The molecule has 1 aliphatic rings. The number of halogens is 2. The average Bonchev–Trinajstić information content (AvgIpc) is 2.87. The first kappa shape index (κ1) is 19.5. The molecule has 0 fully saturated rings. The van der Waals surface area contributed by atoms with Crippen molar-refractivity contribution >= 4 is 40.7 Å². The van der Waals surface area contributed by atoms with Crippen molar-refractivity contribution < 1.29 is 9.59 Å². The first-order valence-electron chi connectivity index (χ1n) is 8.53. The minimum absolute atomic E-state index is 0.0657. The van der Waals surface area contributed by atoms with Crippen LogP contribution in [0.2, 0.25) is 10.0 Å². The lowest BCUT2D eigenvalue weighted by Gasteiger charge is -2.27. The molecule has 1 heterocycles. The highest BCUT2D eigenvalue weighted by Gasteiger charge is 2.32. The Kier molecular flexibility index (Phi) is 5.31. The summed E-state index contributed by atoms with van der Waals surface area (Å²) in [6.45, 7) is 8.29. The molecule has 2 aromatic rings. The van der Waals surface area contributed by atoms with Crippen LogP contribution in [0, 0.1) is 0 Å². The average molecular weight is 403 g/mol. The third-order valence-corrected chi connectivity index (χ3v) is 5.51. The summed E-state index contributed by atoms with van der Waals surface area (Å²) in [6, 6.07) is 12.7. The van der Waals surface area contributed by atoms with Crippen LogP contribution in [0.1, 0.15) is 35.3 Å². The second kappa shape index (κ2) is 7.37. The van der Waals surface area contributed by atoms with Crippen LogP contribution in [0.4, 0.5) is 0 Å². The third-order valence-electron chi connectivity index (χ3n) is 4.77. The number of nitrogens with one attached hydrogen (secondary N) is 1. The van der Waals surface area contributed by atoms with E-state index in [4.69, 9.17) is 23.2 Å². The van der Waals surface area contributed by atoms with Gasteiger partial charge >= 0.3 is 0 Å². The van der Waals surface area contributed by atoms with Crippen LogP contribution in [0.25, 0.3) is 5.70 Å². The van der Waals surface area contributed by atoms with Crippen LogP contribution in [-0.4, -0.2) is 29.8 Å². The van der Waals surface area contributed by atoms with E-state index in [-0.39, 0.29) is 23.8 Å². The molecule has 0 atom stereocenters. The van der Waals surface area contributed by atoms with Crippen molar-refractivity contribution in [3.05, 3.63) is 75.8 Å². The number of nitrogens with zero attached hydrogens (tertiary/aromatic N) is 1. The summed E-state index contributed by atoms with van der Waals surface area (Å²) in [5.41, 5.74) is 2.51. The lowest BCUT2D eigenvalue weighted by atomic mass is 9.84. The normalized spacial score (nSPS) is 13.7. The molecule has 4 nitrogen and oxygen atoms in total. The van der Waals surface area contributed by atoms with Gasteiger partial charge in [0.05, 0.1) is 10.0 Å². The Bertz CT molecular complexity index is 903. The molecule has 140 valence electrons. The molecule has 0 bridgehead atoms. The van der Waals surface area contributed by atoms with Gasteiger partial charge in [0, 0.05) is 28.8 Å². The Morgan fingerprint density at radius 1 is 1.11 bits per heavy atom. The summed E-state index contributed by atoms with van der Waals surface area (Å²) in [5, 5.41) is 3.87. The van der Waals surface area contributed by atoms with Gasteiger partial charge < -0.3 is 5.32 Å². The Morgan fingerprint density at radius 2 is 1.78 bits per heavy atom. The largest absolute Gasteiger partial charge is 0.354 e. The SMILES string of the molecule is C=C1c2ccccc2C(=O)N1CC(=O)NCC(C)(C)c1ccc(Cl)c(Cl)c1. The quantitative estimate of drug-likeness (QED) is 0.799. The summed E-state index contributed by atoms with van der Waals surface area (Å²) in [7, 11) is 0. The zero-order valence-electron chi connectivity index (χ0n) is 15.2. The molecule has 2 aromatic carbocycles. The number of carbonyl (C=O) groups is 2. The molecule has 0 aromatic heterocycles. The monoisotopic (exact) mass is 402 g/mol. The molecule has 27 heavy (non-hydrogen) atoms. The summed E-state index contributed by atoms with van der Waals surface area (Å²) in [4.78, 5) is 26.3. The lowest BCUT2D eigenvalue weighted by Crippen LogP contribution is -2.42. The Hall–Kier alpha value is -2.30. The highest BCUT2D eigenvalue weighted by Crippen LogP contribution is 2.31. The number of fused-ring (bicyclic) bond motifs is 1. The number of carbonyl (C=O) groups excluding carboxylic acids is 2. The van der Waals surface area contributed by atoms with Gasteiger partial charge in [-0.3, -0.25) is 14.5 Å². The van der Waals surface area contributed by atoms with Crippen molar-refractivity contribution in [1.82, 2.24) is 10.2 Å². The number of amides is 2. The van der Waals surface area contributed by atoms with Gasteiger partial charge in [0.15, 0.2) is 0 Å². The predicted octanol–water partition coefficient (Wildman–Crippen LogP) is 4.51. The highest BCUT2D eigenvalue weighted by molar-refractivity contribution is 6.42. The van der Waals surface area contributed by atoms with Gasteiger partial charge in [-0.2, -0.15) is 0 Å². The number of hydrogen-bond donors (Lipinski definition) is 1. The maximum atomic E-state index is 12.5. The van der Waals surface area contributed by atoms with Gasteiger partial charge in [0.25, 0.3) is 5.91 Å². The Balaban J connectivity index is 1.64. The molecule has 2 amide bonds. The van der Waals surface area contributed by atoms with Gasteiger partial charge in [0.2, 0.25) is 5.91 Å². The molecule has 0 saturated carbocycles. The topological polar surface area (TPSA) is 49.4 Å². The van der Waals surface area contributed by atoms with E-state index in [1.165, 1.54) is 4.90 Å². The zero-order chi connectivity index (χ0) is 19.8. The minimum Gasteiger partial charge on any atom is -0.354 e. The molecule has 0 unspecified atom stereocenters. The van der Waals surface area contributed by atoms with Crippen molar-refractivity contribution in [1.29, 1.82) is 0 Å². The van der Waals surface area contributed by atoms with Gasteiger partial charge in [-0.25, -0.2) is 0 Å². The van der Waals surface area contributed by atoms with Crippen molar-refractivity contribution in [2.75, 3.05) is 13.1 Å². The maximum absolute atomic E-state index is 12.5. The fourth-order valence-corrected chi connectivity index (χ4v) is 3.34. The van der Waals surface area contributed by atoms with Gasteiger partial charge in [-0.1, -0.05) is 67.9 Å². The third kappa shape index (κ3) is 3.87. The van der Waals surface area contributed by atoms with Crippen LogP contribution in [0.15, 0.2) is 49.0 Å². The van der Waals surface area contributed by atoms with Crippen molar-refractivity contribution in [3.8, 4) is 0 Å². The number of hydrogen-bond acceptors (Lipinski definition) is 2. The van der Waals surface area contributed by atoms with Crippen LogP contribution in [0.3, 0.4) is 0 Å². The van der Waals surface area contributed by atoms with Crippen LogP contribution in [0.5, 0.6) is 0 Å². The van der Waals surface area contributed by atoms with Crippen molar-refractivity contribution in [2.24, 2.45) is 0 Å². The fraction of sp³-hybridized carbons (Fsp3) is 0.238. The molecule has 6 heteroatoms. The molecule has 1 aliphatic heterocycles. The molecule has 3 rings (SSSR count). The second-order valence-electron chi connectivity index (χ2n) is 7.17.